The van der Waals surface area contributed by atoms with Crippen molar-refractivity contribution in [2.45, 2.75) is 19.3 Å². The second-order valence-electron chi connectivity index (χ2n) is 9.48. The molecule has 0 N–H and O–H groups in total. The molecule has 0 saturated heterocycles. The van der Waals surface area contributed by atoms with E-state index in [0.717, 1.165) is 33.1 Å². The molecule has 174 valence electrons. The van der Waals surface area contributed by atoms with Gasteiger partial charge in [0.1, 0.15) is 11.2 Å². The lowest BCUT2D eigenvalue weighted by molar-refractivity contribution is 0.670. The Morgan fingerprint density at radius 3 is 2.25 bits per heavy atom. The third kappa shape index (κ3) is 2.96. The van der Waals surface area contributed by atoms with E-state index < -0.39 is 0 Å². The van der Waals surface area contributed by atoms with Crippen molar-refractivity contribution in [1.82, 2.24) is 0 Å². The quantitative estimate of drug-likeness (QED) is 0.236. The highest BCUT2D eigenvalue weighted by Crippen LogP contribution is 2.54. The van der Waals surface area contributed by atoms with Gasteiger partial charge in [-0.3, -0.25) is 0 Å². The van der Waals surface area contributed by atoms with Crippen LogP contribution in [0.4, 0.5) is 0 Å². The van der Waals surface area contributed by atoms with E-state index in [0.29, 0.717) is 0 Å². The van der Waals surface area contributed by atoms with Crippen molar-refractivity contribution >= 4 is 27.5 Å². The van der Waals surface area contributed by atoms with Gasteiger partial charge in [-0.1, -0.05) is 122 Å². The number of furan rings is 1. The second-order valence-corrected chi connectivity index (χ2v) is 9.48. The van der Waals surface area contributed by atoms with Crippen LogP contribution >= 0.6 is 0 Å². The Bertz CT molecular complexity index is 1720. The highest BCUT2D eigenvalue weighted by molar-refractivity contribution is 6.09. The van der Waals surface area contributed by atoms with Gasteiger partial charge in [0.2, 0.25) is 0 Å². The summed E-state index contributed by atoms with van der Waals surface area (Å²) < 4.78 is 6.31. The Morgan fingerprint density at radius 2 is 1.47 bits per heavy atom. The van der Waals surface area contributed by atoms with E-state index in [4.69, 9.17) is 4.42 Å². The lowest BCUT2D eigenvalue weighted by atomic mass is 9.67. The van der Waals surface area contributed by atoms with Crippen molar-refractivity contribution in [1.29, 1.82) is 0 Å². The van der Waals surface area contributed by atoms with Crippen LogP contribution in [0.25, 0.3) is 38.6 Å². The molecule has 0 saturated carbocycles. The maximum atomic E-state index is 6.31. The smallest absolute Gasteiger partial charge is 0.143 e. The third-order valence-corrected chi connectivity index (χ3v) is 7.78. The summed E-state index contributed by atoms with van der Waals surface area (Å²) in [6.07, 6.45) is 6.01. The number of benzene rings is 4. The van der Waals surface area contributed by atoms with Gasteiger partial charge < -0.3 is 4.42 Å². The van der Waals surface area contributed by atoms with Gasteiger partial charge in [0, 0.05) is 16.3 Å². The second kappa shape index (κ2) is 8.39. The monoisotopic (exact) mass is 464 g/mol. The molecule has 0 radical (unpaired) electrons. The molecule has 4 aromatic carbocycles. The summed E-state index contributed by atoms with van der Waals surface area (Å²) in [6.45, 7) is 12.6. The number of fused-ring (bicyclic) bond motifs is 4. The zero-order chi connectivity index (χ0) is 24.9. The molecule has 1 aliphatic rings. The molecule has 0 spiro atoms. The van der Waals surface area contributed by atoms with Gasteiger partial charge in [-0.25, -0.2) is 0 Å². The highest BCUT2D eigenvalue weighted by Gasteiger charge is 2.44. The Labute approximate surface area is 212 Å². The van der Waals surface area contributed by atoms with Crippen LogP contribution in [0.15, 0.2) is 138 Å². The topological polar surface area (TPSA) is 13.1 Å². The van der Waals surface area contributed by atoms with E-state index in [-0.39, 0.29) is 5.41 Å². The van der Waals surface area contributed by atoms with Crippen molar-refractivity contribution in [3.05, 3.63) is 150 Å². The molecule has 1 aromatic heterocycles. The minimum atomic E-state index is -0.363. The van der Waals surface area contributed by atoms with Crippen molar-refractivity contribution in [3.63, 3.8) is 0 Å². The van der Waals surface area contributed by atoms with Crippen LogP contribution in [0.2, 0.25) is 0 Å². The first-order valence-corrected chi connectivity index (χ1v) is 12.4. The fourth-order valence-electron chi connectivity index (χ4n) is 6.20. The zero-order valence-electron chi connectivity index (χ0n) is 20.7. The van der Waals surface area contributed by atoms with Crippen LogP contribution in [0.3, 0.4) is 0 Å². The third-order valence-electron chi connectivity index (χ3n) is 7.78. The molecule has 1 unspecified atom stereocenters. The van der Waals surface area contributed by atoms with E-state index in [1.165, 1.54) is 33.4 Å². The molecule has 1 nitrogen and oxygen atoms in total. The first kappa shape index (κ1) is 22.1. The molecule has 0 aliphatic heterocycles. The van der Waals surface area contributed by atoms with Crippen LogP contribution in [0.1, 0.15) is 30.5 Å². The maximum absolute atomic E-state index is 6.31. The largest absolute Gasteiger partial charge is 0.455 e. The Hall–Kier alpha value is -4.36. The SMILES string of the molecule is C=C/C=C(\C)C1(c2ccc(-c3cccc4c3oc3ccccc34)cc2)C(C)=C(C=C)c2ccccc21. The average Bonchev–Trinajstić information content (AvgIpc) is 3.42. The van der Waals surface area contributed by atoms with E-state index in [1.54, 1.807) is 0 Å². The fraction of sp³-hybridized carbons (Fsp3) is 0.0857. The lowest BCUT2D eigenvalue weighted by Crippen LogP contribution is -2.29. The summed E-state index contributed by atoms with van der Waals surface area (Å²) in [5.74, 6) is 0. The first-order valence-electron chi connectivity index (χ1n) is 12.4. The summed E-state index contributed by atoms with van der Waals surface area (Å²) in [5, 5.41) is 2.29. The van der Waals surface area contributed by atoms with Gasteiger partial charge >= 0.3 is 0 Å². The molecule has 1 aliphatic carbocycles. The summed E-state index contributed by atoms with van der Waals surface area (Å²) in [4.78, 5) is 0. The van der Waals surface area contributed by atoms with Crippen LogP contribution in [0.5, 0.6) is 0 Å². The van der Waals surface area contributed by atoms with Crippen molar-refractivity contribution in [2.75, 3.05) is 0 Å². The molecule has 1 atom stereocenters. The standard InChI is InChI=1S/C35H28O/c1-5-12-23(3)35(24(4)27(6-2)29-13-7-9-17-32(29)35)26-21-19-25(20-22-26)28-15-11-16-31-30-14-8-10-18-33(30)36-34(28)31/h5-22H,1-2H2,3-4H3/b23-12+. The van der Waals surface area contributed by atoms with E-state index >= 15 is 0 Å². The summed E-state index contributed by atoms with van der Waals surface area (Å²) in [5.41, 5.74) is 11.2. The number of para-hydroxylation sites is 2. The highest BCUT2D eigenvalue weighted by atomic mass is 16.3. The van der Waals surface area contributed by atoms with Gasteiger partial charge in [-0.2, -0.15) is 0 Å². The van der Waals surface area contributed by atoms with Crippen molar-refractivity contribution in [3.8, 4) is 11.1 Å². The predicted octanol–water partition coefficient (Wildman–Crippen LogP) is 9.64. The average molecular weight is 465 g/mol. The Kier molecular flexibility index (Phi) is 5.16. The van der Waals surface area contributed by atoms with E-state index in [1.807, 2.05) is 24.3 Å². The molecule has 1 heterocycles. The summed E-state index contributed by atoms with van der Waals surface area (Å²) in [6, 6.07) is 32.3. The molecule has 0 bridgehead atoms. The summed E-state index contributed by atoms with van der Waals surface area (Å²) in [7, 11) is 0. The molecule has 1 heteroatoms. The molecule has 0 fully saturated rings. The molecule has 5 aromatic rings. The van der Waals surface area contributed by atoms with Gasteiger partial charge in [-0.15, -0.1) is 0 Å². The number of hydrogen-bond acceptors (Lipinski definition) is 1. The van der Waals surface area contributed by atoms with Gasteiger partial charge in [0.05, 0.1) is 5.41 Å². The normalized spacial score (nSPS) is 17.6. The van der Waals surface area contributed by atoms with Gasteiger partial charge in [-0.05, 0) is 53.3 Å². The van der Waals surface area contributed by atoms with Crippen LogP contribution in [-0.4, -0.2) is 0 Å². The van der Waals surface area contributed by atoms with Crippen LogP contribution in [-0.2, 0) is 5.41 Å². The van der Waals surface area contributed by atoms with Crippen LogP contribution < -0.4 is 0 Å². The van der Waals surface area contributed by atoms with Gasteiger partial charge in [0.15, 0.2) is 0 Å². The first-order chi connectivity index (χ1) is 17.6. The molecular formula is C35H28O. The van der Waals surface area contributed by atoms with Gasteiger partial charge in [0.25, 0.3) is 0 Å². The van der Waals surface area contributed by atoms with Crippen molar-refractivity contribution in [2.24, 2.45) is 0 Å². The lowest BCUT2D eigenvalue weighted by Gasteiger charge is -2.35. The Morgan fingerprint density at radius 1 is 0.778 bits per heavy atom. The number of allylic oxidation sites excluding steroid dienone is 6. The molecular weight excluding hydrogens is 436 g/mol. The van der Waals surface area contributed by atoms with Crippen molar-refractivity contribution < 1.29 is 4.42 Å². The predicted molar refractivity (Wildman–Crippen MR) is 153 cm³/mol. The number of rotatable bonds is 5. The van der Waals surface area contributed by atoms with E-state index in [9.17, 15) is 0 Å². The zero-order valence-corrected chi connectivity index (χ0v) is 20.7. The molecule has 6 rings (SSSR count). The van der Waals surface area contributed by atoms with E-state index in [2.05, 4.69) is 112 Å². The molecule has 36 heavy (non-hydrogen) atoms. The van der Waals surface area contributed by atoms with Crippen LogP contribution in [0, 0.1) is 0 Å². The summed E-state index contributed by atoms with van der Waals surface area (Å²) >= 11 is 0. The Balaban J connectivity index is 1.56. The fourth-order valence-corrected chi connectivity index (χ4v) is 6.20. The molecule has 0 amide bonds. The maximum Gasteiger partial charge on any atom is 0.143 e. The minimum Gasteiger partial charge on any atom is -0.455 e. The number of hydrogen-bond donors (Lipinski definition) is 0. The minimum absolute atomic E-state index is 0.363.